The number of carbonyl (C=O) groups excluding carboxylic acids is 2. The number of nitrogens with zero attached hydrogens (tertiary/aromatic N) is 1. The number of halogens is 3. The van der Waals surface area contributed by atoms with Crippen LogP contribution in [0.4, 0.5) is 4.39 Å². The van der Waals surface area contributed by atoms with Gasteiger partial charge in [0.1, 0.15) is 10.4 Å². The van der Waals surface area contributed by atoms with Gasteiger partial charge in [-0.3, -0.25) is 4.79 Å². The van der Waals surface area contributed by atoms with E-state index in [-0.39, 0.29) is 25.5 Å². The topological polar surface area (TPSA) is 69.6 Å². The maximum absolute atomic E-state index is 13.2. The molecule has 3 aromatic rings. The molecule has 35 heavy (non-hydrogen) atoms. The molecule has 0 bridgehead atoms. The Labute approximate surface area is 226 Å². The molecule has 1 heterocycles. The molecule has 0 saturated carbocycles. The van der Waals surface area contributed by atoms with Crippen LogP contribution in [0.15, 0.2) is 62.5 Å². The molecule has 0 fully saturated rings. The van der Waals surface area contributed by atoms with Crippen LogP contribution in [0.5, 0.6) is 0 Å². The number of benzene rings is 2. The van der Waals surface area contributed by atoms with Crippen molar-refractivity contribution in [3.05, 3.63) is 85.8 Å². The number of thiol groups is 1. The van der Waals surface area contributed by atoms with Crippen molar-refractivity contribution in [2.24, 2.45) is 0 Å². The molecule has 0 aliphatic carbocycles. The molecule has 0 spiro atoms. The molecule has 0 radical (unpaired) electrons. The van der Waals surface area contributed by atoms with Crippen LogP contribution in [-0.4, -0.2) is 36.8 Å². The molecule has 6 nitrogen and oxygen atoms in total. The van der Waals surface area contributed by atoms with E-state index < -0.39 is 11.9 Å². The summed E-state index contributed by atoms with van der Waals surface area (Å²) in [7, 11) is 1.30. The normalized spacial score (nSPS) is 10.4. The van der Waals surface area contributed by atoms with Gasteiger partial charge in [0.2, 0.25) is 0 Å². The highest BCUT2D eigenvalue weighted by Gasteiger charge is 2.26. The fourth-order valence-corrected chi connectivity index (χ4v) is 4.32. The van der Waals surface area contributed by atoms with E-state index in [9.17, 15) is 14.0 Å². The van der Waals surface area contributed by atoms with Crippen LogP contribution in [0.25, 0.3) is 0 Å². The minimum atomic E-state index is -0.474. The second-order valence-electron chi connectivity index (χ2n) is 7.37. The van der Waals surface area contributed by atoms with Gasteiger partial charge >= 0.3 is 11.9 Å². The summed E-state index contributed by atoms with van der Waals surface area (Å²) < 4.78 is 26.0. The third kappa shape index (κ3) is 8.79. The van der Waals surface area contributed by atoms with E-state index in [1.807, 2.05) is 28.8 Å². The van der Waals surface area contributed by atoms with E-state index in [1.165, 1.54) is 24.8 Å². The Kier molecular flexibility index (Phi) is 12.0. The van der Waals surface area contributed by atoms with Crippen molar-refractivity contribution in [1.29, 1.82) is 0 Å². The molecule has 0 unspecified atom stereocenters. The number of nitrogens with one attached hydrogen (secondary N) is 1. The maximum atomic E-state index is 13.2. The third-order valence-corrected chi connectivity index (χ3v) is 7.24. The van der Waals surface area contributed by atoms with Crippen molar-refractivity contribution in [2.75, 3.05) is 20.3 Å². The Hall–Kier alpha value is -2.14. The van der Waals surface area contributed by atoms with Crippen molar-refractivity contribution < 1.29 is 23.5 Å². The first-order valence-corrected chi connectivity index (χ1v) is 12.7. The summed E-state index contributed by atoms with van der Waals surface area (Å²) in [4.78, 5) is 24.8. The lowest BCUT2D eigenvalue weighted by Gasteiger charge is -2.13. The first kappa shape index (κ1) is 29.1. The first-order chi connectivity index (χ1) is 16.7. The highest BCUT2D eigenvalue weighted by atomic mass is 79.9. The van der Waals surface area contributed by atoms with E-state index in [2.05, 4.69) is 61.5 Å². The second-order valence-corrected chi connectivity index (χ2v) is 9.44. The Bertz CT molecular complexity index is 1110. The van der Waals surface area contributed by atoms with Crippen LogP contribution >= 0.6 is 44.5 Å². The summed E-state index contributed by atoms with van der Waals surface area (Å²) in [6, 6.07) is 14.2. The van der Waals surface area contributed by atoms with E-state index in [0.717, 1.165) is 10.5 Å². The number of methoxy groups -OCH3 is 1. The number of carbonyl (C=O) groups is 2. The lowest BCUT2D eigenvalue weighted by atomic mass is 10.2. The number of hydrogen-bond acceptors (Lipinski definition) is 6. The Morgan fingerprint density at radius 3 is 2.26 bits per heavy atom. The van der Waals surface area contributed by atoms with Crippen molar-refractivity contribution in [3.63, 3.8) is 0 Å². The molecule has 2 aromatic carbocycles. The van der Waals surface area contributed by atoms with Crippen molar-refractivity contribution in [3.8, 4) is 0 Å². The van der Waals surface area contributed by atoms with Crippen LogP contribution in [-0.2, 0) is 27.4 Å². The quantitative estimate of drug-likeness (QED) is 0.239. The molecule has 0 amide bonds. The lowest BCUT2D eigenvalue weighted by molar-refractivity contribution is -0.139. The Morgan fingerprint density at radius 2 is 1.71 bits per heavy atom. The zero-order chi connectivity index (χ0) is 26.0. The van der Waals surface area contributed by atoms with E-state index in [4.69, 9.17) is 4.74 Å². The lowest BCUT2D eigenvalue weighted by Crippen LogP contribution is -2.26. The fraction of sp³-hybridized carbons (Fsp3) is 0.280. The summed E-state index contributed by atoms with van der Waals surface area (Å²) in [5.41, 5.74) is 3.12. The predicted molar refractivity (Wildman–Crippen MR) is 143 cm³/mol. The van der Waals surface area contributed by atoms with Gasteiger partial charge < -0.3 is 19.4 Å². The van der Waals surface area contributed by atoms with E-state index >= 15 is 0 Å². The van der Waals surface area contributed by atoms with Gasteiger partial charge in [-0.2, -0.15) is 0 Å². The summed E-state index contributed by atoms with van der Waals surface area (Å²) >= 11 is 11.1. The highest BCUT2D eigenvalue weighted by molar-refractivity contribution is 9.13. The van der Waals surface area contributed by atoms with E-state index in [1.54, 1.807) is 19.1 Å². The van der Waals surface area contributed by atoms with Gasteiger partial charge in [-0.1, -0.05) is 29.8 Å². The van der Waals surface area contributed by atoms with Crippen LogP contribution in [0.2, 0.25) is 0 Å². The number of ether oxygens (including phenoxy) is 2. The van der Waals surface area contributed by atoms with E-state index in [0.29, 0.717) is 26.9 Å². The smallest absolute Gasteiger partial charge is 0.341 e. The molecule has 10 heteroatoms. The summed E-state index contributed by atoms with van der Waals surface area (Å²) in [6.07, 6.45) is 0. The molecule has 0 aliphatic heterocycles. The Balaban J connectivity index is 0.000000456. The van der Waals surface area contributed by atoms with Crippen LogP contribution in [0.1, 0.15) is 34.1 Å². The monoisotopic (exact) mass is 628 g/mol. The standard InChI is InChI=1S/C18H19Br2FN2O4.C7H8S/c1-3-27-18(25)15-13(8-22-9-14(24)26-2)23(17(20)16(15)19)10-11-4-6-12(21)7-5-11;1-6-2-4-7(8)5-3-6/h4-7,22H,3,8-10H2,1-2H3;2-5,8H,1H3. The van der Waals surface area contributed by atoms with Crippen molar-refractivity contribution in [2.45, 2.75) is 31.8 Å². The zero-order valence-corrected chi connectivity index (χ0v) is 23.7. The number of rotatable bonds is 8. The average molecular weight is 630 g/mol. The van der Waals surface area contributed by atoms with Crippen LogP contribution in [0, 0.1) is 12.7 Å². The van der Waals surface area contributed by atoms with Gasteiger partial charge in [0.15, 0.2) is 0 Å². The van der Waals surface area contributed by atoms with Gasteiger partial charge in [0, 0.05) is 23.7 Å². The van der Waals surface area contributed by atoms with Gasteiger partial charge in [0.25, 0.3) is 0 Å². The molecule has 1 aromatic heterocycles. The zero-order valence-electron chi connectivity index (χ0n) is 19.6. The molecule has 0 atom stereocenters. The van der Waals surface area contributed by atoms with Crippen molar-refractivity contribution in [1.82, 2.24) is 9.88 Å². The largest absolute Gasteiger partial charge is 0.468 e. The molecule has 0 aliphatic rings. The third-order valence-electron chi connectivity index (χ3n) is 4.81. The molecule has 188 valence electrons. The SMILES string of the molecule is CCOC(=O)c1c(Br)c(Br)n(Cc2ccc(F)cc2)c1CNCC(=O)OC.Cc1ccc(S)cc1. The summed E-state index contributed by atoms with van der Waals surface area (Å²) in [5.74, 6) is -1.21. The molecule has 3 rings (SSSR count). The highest BCUT2D eigenvalue weighted by Crippen LogP contribution is 2.34. The van der Waals surface area contributed by atoms with Crippen LogP contribution < -0.4 is 5.32 Å². The molecule has 0 saturated heterocycles. The van der Waals surface area contributed by atoms with Crippen LogP contribution in [0.3, 0.4) is 0 Å². The average Bonchev–Trinajstić information content (AvgIpc) is 3.07. The fourth-order valence-electron chi connectivity index (χ4n) is 3.03. The number of hydrogen-bond donors (Lipinski definition) is 2. The maximum Gasteiger partial charge on any atom is 0.341 e. The van der Waals surface area contributed by atoms with Crippen molar-refractivity contribution >= 4 is 56.4 Å². The van der Waals surface area contributed by atoms with Gasteiger partial charge in [0.05, 0.1) is 30.3 Å². The summed E-state index contributed by atoms with van der Waals surface area (Å²) in [5, 5.41) is 2.96. The number of aromatic nitrogens is 1. The number of aryl methyl sites for hydroxylation is 1. The molecular weight excluding hydrogens is 603 g/mol. The second kappa shape index (κ2) is 14.4. The van der Waals surface area contributed by atoms with Gasteiger partial charge in [-0.15, -0.1) is 12.6 Å². The van der Waals surface area contributed by atoms with Gasteiger partial charge in [-0.05, 0) is 75.5 Å². The minimum absolute atomic E-state index is 0.00423. The Morgan fingerprint density at radius 1 is 1.09 bits per heavy atom. The predicted octanol–water partition coefficient (Wildman–Crippen LogP) is 5.92. The minimum Gasteiger partial charge on any atom is -0.468 e. The molecule has 1 N–H and O–H groups in total. The molecular formula is C25H27Br2FN2O4S. The summed E-state index contributed by atoms with van der Waals surface area (Å²) in [6.45, 7) is 4.65. The number of esters is 2. The van der Waals surface area contributed by atoms with Gasteiger partial charge in [-0.25, -0.2) is 9.18 Å². The first-order valence-electron chi connectivity index (χ1n) is 10.7.